The molecule has 0 radical (unpaired) electrons. The summed E-state index contributed by atoms with van der Waals surface area (Å²) in [5.74, 6) is -1.01. The van der Waals surface area contributed by atoms with Gasteiger partial charge < -0.3 is 15.5 Å². The van der Waals surface area contributed by atoms with E-state index >= 15 is 0 Å². The van der Waals surface area contributed by atoms with Crippen LogP contribution in [0.5, 0.6) is 0 Å². The summed E-state index contributed by atoms with van der Waals surface area (Å²) in [4.78, 5) is 55.9. The SMILES string of the molecule is CC1CN([13CH3])C(C(=O)[15NH][13CH2][13CH2][13CH2][13CH2][15NH]C(=[18O])ON2C(=O)CCC2=O)C(C)N1[13CH3]. The van der Waals surface area contributed by atoms with Crippen LogP contribution in [-0.4, -0.2) is 90.5 Å². The van der Waals surface area contributed by atoms with Crippen LogP contribution in [0.25, 0.3) is 0 Å². The molecule has 0 spiro atoms. The topological polar surface area (TPSA) is 111 Å². The Labute approximate surface area is 165 Å². The Morgan fingerprint density at radius 2 is 1.68 bits per heavy atom. The Kier molecular flexibility index (Phi) is 7.76. The summed E-state index contributed by atoms with van der Waals surface area (Å²) in [6.45, 7) is 5.88. The molecule has 2 aliphatic rings. The number of imide groups is 1. The van der Waals surface area contributed by atoms with Gasteiger partial charge in [0.05, 0.1) is 0 Å². The zero-order valence-electron chi connectivity index (χ0n) is 17.1. The van der Waals surface area contributed by atoms with Gasteiger partial charge in [0.15, 0.2) is 0 Å². The number of piperazine rings is 1. The number of nitrogens with one attached hydrogen (secondary N) is 2. The Balaban J connectivity index is 1.61. The molecule has 28 heavy (non-hydrogen) atoms. The quantitative estimate of drug-likeness (QED) is 0.196. The van der Waals surface area contributed by atoms with Crippen LogP contribution in [0.2, 0.25) is 0 Å². The highest BCUT2D eigenvalue weighted by Gasteiger charge is 2.38. The van der Waals surface area contributed by atoms with Crippen molar-refractivity contribution in [3.05, 3.63) is 0 Å². The molecule has 0 aliphatic carbocycles. The molecule has 2 aliphatic heterocycles. The minimum atomic E-state index is -0.831. The molecule has 3 atom stereocenters. The van der Waals surface area contributed by atoms with Crippen LogP contribution < -0.4 is 10.6 Å². The molecule has 0 bridgehead atoms. The number of nitrogens with zero attached hydrogens (tertiary/aromatic N) is 3. The van der Waals surface area contributed by atoms with Gasteiger partial charge in [-0.2, -0.15) is 0 Å². The Bertz CT molecular complexity index is 597. The molecular weight excluding hydrogens is 376 g/mol. The third kappa shape index (κ3) is 5.41. The van der Waals surface area contributed by atoms with Gasteiger partial charge in [-0.15, -0.1) is 5.06 Å². The first-order valence-electron chi connectivity index (χ1n) is 9.73. The van der Waals surface area contributed by atoms with Gasteiger partial charge in [0.25, 0.3) is 11.8 Å². The van der Waals surface area contributed by atoms with E-state index in [0.29, 0.717) is 37.0 Å². The Hall–Kier alpha value is -2.20. The predicted molar refractivity (Wildman–Crippen MR) is 101 cm³/mol. The van der Waals surface area contributed by atoms with E-state index in [9.17, 15) is 19.2 Å². The highest BCUT2D eigenvalue weighted by atomic mass is 18.1. The van der Waals surface area contributed by atoms with E-state index in [1.165, 1.54) is 0 Å². The molecular formula is C18H31N5O5. The molecule has 0 aromatic rings. The van der Waals surface area contributed by atoms with E-state index in [4.69, 9.17) is 4.84 Å². The molecule has 2 heterocycles. The van der Waals surface area contributed by atoms with E-state index in [1.54, 1.807) is 0 Å². The van der Waals surface area contributed by atoms with Gasteiger partial charge in [0.2, 0.25) is 5.91 Å². The maximum Gasteiger partial charge on any atom is 0.432 e. The van der Waals surface area contributed by atoms with Gasteiger partial charge >= 0.3 is 6.09 Å². The maximum atomic E-state index is 12.5. The first kappa shape index (κ1) is 22.1. The first-order valence-corrected chi connectivity index (χ1v) is 9.73. The average molecular weight is 407 g/mol. The highest BCUT2D eigenvalue weighted by Crippen LogP contribution is 2.18. The summed E-state index contributed by atoms with van der Waals surface area (Å²) in [5, 5.41) is 5.96. The summed E-state index contributed by atoms with van der Waals surface area (Å²) in [6, 6.07) is 0.340. The second kappa shape index (κ2) is 9.83. The number of carbonyl (C=O) groups excluding carboxylic acids is 4. The molecule has 0 aromatic carbocycles. The standard InChI is InChI=1S/C18H31N5O5/c1-12-11-21(3)16(13(2)22(12)4)17(26)19-9-5-6-10-20-18(27)28-23-14(24)7-8-15(23)25/h12-13,16H,5-11H2,1-4H3,(H,19,26)(H,20,27)/i3+1,4+1,5+1,6+1,9+1,10+1,19+1,20+1,27+2. The fourth-order valence-electron chi connectivity index (χ4n) is 3.60. The summed E-state index contributed by atoms with van der Waals surface area (Å²) >= 11 is 0. The summed E-state index contributed by atoms with van der Waals surface area (Å²) in [5.41, 5.74) is 0. The molecule has 0 aromatic heterocycles. The number of rotatable bonds is 7. The van der Waals surface area contributed by atoms with Crippen LogP contribution in [0, 0.1) is 0 Å². The summed E-state index contributed by atoms with van der Waals surface area (Å²) in [6.07, 6.45) is 0.613. The highest BCUT2D eigenvalue weighted by molar-refractivity contribution is 6.01. The Morgan fingerprint density at radius 1 is 1.11 bits per heavy atom. The molecule has 2 rings (SSSR count). The molecule has 10 heteroatoms. The smallest absolute Gasteiger partial charge is 0.355 e. The van der Waals surface area contributed by atoms with Crippen molar-refractivity contribution < 1.29 is 24.0 Å². The lowest BCUT2D eigenvalue weighted by molar-refractivity contribution is -0.171. The monoisotopic (exact) mass is 407 g/mol. The lowest BCUT2D eigenvalue weighted by Crippen LogP contribution is -2.64. The average Bonchev–Trinajstić information content (AvgIpc) is 2.94. The predicted octanol–water partition coefficient (Wildman–Crippen LogP) is -0.304. The molecule has 10 nitrogen and oxygen atoms in total. The lowest BCUT2D eigenvalue weighted by atomic mass is 10.0. The van der Waals surface area contributed by atoms with E-state index in [-0.39, 0.29) is 30.8 Å². The van der Waals surface area contributed by atoms with Gasteiger partial charge in [-0.05, 0) is 40.8 Å². The number of unbranched alkanes of at least 4 members (excludes halogenated alkanes) is 1. The van der Waals surface area contributed by atoms with Crippen molar-refractivity contribution in [3.8, 4) is 0 Å². The van der Waals surface area contributed by atoms with Gasteiger partial charge in [0.1, 0.15) is 6.04 Å². The van der Waals surface area contributed by atoms with Crippen LogP contribution in [0.1, 0.15) is 39.5 Å². The van der Waals surface area contributed by atoms with Crippen molar-refractivity contribution >= 4 is 23.8 Å². The second-order valence-electron chi connectivity index (χ2n) is 7.53. The van der Waals surface area contributed by atoms with Crippen molar-refractivity contribution in [2.75, 3.05) is 33.7 Å². The van der Waals surface area contributed by atoms with Crippen molar-refractivity contribution in [1.29, 1.82) is 0 Å². The van der Waals surface area contributed by atoms with Crippen LogP contribution in [0.15, 0.2) is 0 Å². The van der Waals surface area contributed by atoms with E-state index in [0.717, 1.165) is 6.54 Å². The van der Waals surface area contributed by atoms with Crippen LogP contribution in [-0.2, 0) is 19.2 Å². The van der Waals surface area contributed by atoms with Gasteiger partial charge in [0, 0.05) is 44.6 Å². The fourth-order valence-corrected chi connectivity index (χ4v) is 3.60. The number of hydrogen-bond donors (Lipinski definition) is 2. The molecule has 3 unspecified atom stereocenters. The number of carbonyl (C=O) groups is 4. The van der Waals surface area contributed by atoms with Gasteiger partial charge in [-0.25, -0.2) is 4.79 Å². The van der Waals surface area contributed by atoms with Crippen molar-refractivity contribution in [2.45, 2.75) is 57.7 Å². The number of hydroxylamine groups is 2. The molecule has 2 N–H and O–H groups in total. The lowest BCUT2D eigenvalue weighted by Gasteiger charge is -2.46. The van der Waals surface area contributed by atoms with Crippen molar-refractivity contribution in [2.24, 2.45) is 0 Å². The Morgan fingerprint density at radius 3 is 2.29 bits per heavy atom. The van der Waals surface area contributed by atoms with Gasteiger partial charge in [-0.3, -0.25) is 24.2 Å². The molecule has 4 amide bonds. The van der Waals surface area contributed by atoms with Crippen molar-refractivity contribution in [3.63, 3.8) is 0 Å². The second-order valence-corrected chi connectivity index (χ2v) is 7.53. The van der Waals surface area contributed by atoms with Crippen LogP contribution in [0.4, 0.5) is 4.79 Å². The molecule has 158 valence electrons. The summed E-state index contributed by atoms with van der Waals surface area (Å²) < 4.78 is 0. The third-order valence-electron chi connectivity index (χ3n) is 5.44. The van der Waals surface area contributed by atoms with E-state index in [1.807, 2.05) is 14.1 Å². The molecule has 2 fully saturated rings. The largest absolute Gasteiger partial charge is 0.432 e. The number of amides is 4. The van der Waals surface area contributed by atoms with Crippen molar-refractivity contribution in [1.82, 2.24) is 25.5 Å². The fraction of sp³-hybridized carbons (Fsp3) is 0.778. The van der Waals surface area contributed by atoms with Gasteiger partial charge in [-0.1, -0.05) is 0 Å². The number of likely N-dealkylation sites (N-methyl/N-ethyl adjacent to an activating group) is 2. The minimum absolute atomic E-state index is 0.00665. The molecule has 2 saturated heterocycles. The minimum Gasteiger partial charge on any atom is -0.355 e. The zero-order valence-corrected chi connectivity index (χ0v) is 17.1. The summed E-state index contributed by atoms with van der Waals surface area (Å²) in [7, 11) is 4.01. The van der Waals surface area contributed by atoms with Crippen LogP contribution >= 0.6 is 0 Å². The van der Waals surface area contributed by atoms with E-state index in [2.05, 4.69) is 34.3 Å². The van der Waals surface area contributed by atoms with Crippen LogP contribution in [0.3, 0.4) is 0 Å². The maximum absolute atomic E-state index is 12.5. The molecule has 0 saturated carbocycles. The first-order chi connectivity index (χ1) is 13.2. The zero-order chi connectivity index (χ0) is 20.8. The number of hydrogen-bond acceptors (Lipinski definition) is 7. The normalized spacial score (nSPS) is 26.4. The van der Waals surface area contributed by atoms with E-state index < -0.39 is 17.9 Å². The third-order valence-corrected chi connectivity index (χ3v) is 5.44.